The van der Waals surface area contributed by atoms with Gasteiger partial charge in [0, 0.05) is 30.6 Å². The number of carbonyl (C=O) groups excluding carboxylic acids is 1. The smallest absolute Gasteiger partial charge is 0.353 e. The lowest BCUT2D eigenvalue weighted by molar-refractivity contribution is -0.190. The Morgan fingerprint density at radius 2 is 1.63 bits per heavy atom. The molecule has 9 heteroatoms. The fourth-order valence-corrected chi connectivity index (χ4v) is 11.1. The molecule has 0 N–H and O–H groups in total. The van der Waals surface area contributed by atoms with Crippen molar-refractivity contribution in [2.75, 3.05) is 0 Å². The monoisotopic (exact) mass is 627 g/mol. The molecule has 2 aromatic rings. The van der Waals surface area contributed by atoms with E-state index in [0.29, 0.717) is 42.7 Å². The Bertz CT molecular complexity index is 1710. The van der Waals surface area contributed by atoms with Crippen LogP contribution < -0.4 is 11.4 Å². The van der Waals surface area contributed by atoms with Gasteiger partial charge in [-0.25, -0.2) is 23.5 Å². The van der Waals surface area contributed by atoms with E-state index in [1.54, 1.807) is 24.3 Å². The molecule has 6 rings (SSSR count). The van der Waals surface area contributed by atoms with Gasteiger partial charge in [0.05, 0.1) is 17.8 Å². The molecule has 0 amide bonds. The van der Waals surface area contributed by atoms with E-state index >= 15 is 0 Å². The Hall–Kier alpha value is -3.59. The van der Waals surface area contributed by atoms with E-state index in [9.17, 15) is 24.9 Å². The Morgan fingerprint density at radius 3 is 2.26 bits per heavy atom. The van der Waals surface area contributed by atoms with Crippen LogP contribution >= 0.6 is 0 Å². The van der Waals surface area contributed by atoms with Gasteiger partial charge in [-0.1, -0.05) is 72.1 Å². The van der Waals surface area contributed by atoms with E-state index in [1.807, 2.05) is 6.07 Å². The molecule has 0 bridgehead atoms. The molecule has 0 spiro atoms. The highest BCUT2D eigenvalue weighted by Gasteiger charge is 2.75. The molecule has 9 nitrogen and oxygen atoms in total. The van der Waals surface area contributed by atoms with E-state index in [0.717, 1.165) is 30.3 Å². The van der Waals surface area contributed by atoms with Gasteiger partial charge >= 0.3 is 17.3 Å². The summed E-state index contributed by atoms with van der Waals surface area (Å²) in [5, 5.41) is 22.8. The van der Waals surface area contributed by atoms with Crippen molar-refractivity contribution in [1.29, 1.82) is 10.5 Å². The molecule has 2 heterocycles. The maximum absolute atomic E-state index is 14.8. The zero-order chi connectivity index (χ0) is 33.2. The molecule has 246 valence electrons. The Kier molecular flexibility index (Phi) is 7.94. The van der Waals surface area contributed by atoms with Gasteiger partial charge in [-0.05, 0) is 73.8 Å². The molecule has 1 aromatic heterocycles. The summed E-state index contributed by atoms with van der Waals surface area (Å²) in [4.78, 5) is 41.6. The number of benzene rings is 1. The van der Waals surface area contributed by atoms with Crippen LogP contribution in [0.3, 0.4) is 0 Å². The third kappa shape index (κ3) is 4.26. The summed E-state index contributed by atoms with van der Waals surface area (Å²) in [7, 11) is 0. The van der Waals surface area contributed by atoms with Crippen molar-refractivity contribution in [2.45, 2.75) is 123 Å². The van der Waals surface area contributed by atoms with Crippen LogP contribution in [-0.4, -0.2) is 26.0 Å². The lowest BCUT2D eigenvalue weighted by atomic mass is 9.43. The van der Waals surface area contributed by atoms with E-state index in [1.165, 1.54) is 29.1 Å². The van der Waals surface area contributed by atoms with Crippen molar-refractivity contribution < 1.29 is 9.53 Å². The van der Waals surface area contributed by atoms with Gasteiger partial charge in [0.1, 0.15) is 6.10 Å². The minimum atomic E-state index is -1.48. The number of nitrogens with zero attached hydrogens (tertiary/aromatic N) is 5. The second-order valence-electron chi connectivity index (χ2n) is 15.8. The van der Waals surface area contributed by atoms with Crippen molar-refractivity contribution >= 4 is 5.97 Å². The lowest BCUT2D eigenvalue weighted by Gasteiger charge is -2.66. The van der Waals surface area contributed by atoms with Crippen LogP contribution in [0.2, 0.25) is 0 Å². The minimum Gasteiger partial charge on any atom is -0.462 e. The van der Waals surface area contributed by atoms with E-state index in [-0.39, 0.29) is 23.7 Å². The predicted octanol–water partition coefficient (Wildman–Crippen LogP) is 6.28. The van der Waals surface area contributed by atoms with E-state index in [2.05, 4.69) is 46.8 Å². The number of carbonyl (C=O) groups is 1. The third-order valence-corrected chi connectivity index (χ3v) is 13.2. The lowest BCUT2D eigenvalue weighted by Crippen LogP contribution is -2.74. The first-order valence-corrected chi connectivity index (χ1v) is 17.4. The highest BCUT2D eigenvalue weighted by atomic mass is 16.5. The second-order valence-corrected chi connectivity index (χ2v) is 15.8. The van der Waals surface area contributed by atoms with Crippen molar-refractivity contribution in [1.82, 2.24) is 13.9 Å². The number of rotatable bonds is 7. The van der Waals surface area contributed by atoms with Crippen LogP contribution in [0, 0.1) is 63.1 Å². The van der Waals surface area contributed by atoms with Gasteiger partial charge in [-0.15, -0.1) is 0 Å². The Labute approximate surface area is 272 Å². The van der Waals surface area contributed by atoms with Gasteiger partial charge in [-0.3, -0.25) is 4.79 Å². The van der Waals surface area contributed by atoms with Gasteiger partial charge in [0.15, 0.2) is 11.1 Å². The standard InChI is InChI=1S/C37H49N5O4/c1-24(2)11-10-12-25(3)29-15-16-30-34(29,5)19-18-31-35(6)20-17-28(46-26(4)43)21-36(35,22-38)41-32(44)40(27-13-8-7-9-14-27)33(45)42(41)37(30,31)23-39/h7-9,13-14,24-25,28-31H,10-12,15-21H2,1-6H3/t25-,28-,29+,30+,31-,34+,35+,36+,37+/m0/s1. The molecule has 3 aliphatic carbocycles. The fourth-order valence-electron chi connectivity index (χ4n) is 11.1. The normalized spacial score (nSPS) is 36.8. The summed E-state index contributed by atoms with van der Waals surface area (Å²) in [5.74, 6) is 0.607. The number of para-hydroxylation sites is 1. The zero-order valence-electron chi connectivity index (χ0n) is 28.3. The van der Waals surface area contributed by atoms with Crippen molar-refractivity contribution in [3.05, 3.63) is 51.3 Å². The molecule has 3 saturated carbocycles. The first kappa shape index (κ1) is 32.4. The van der Waals surface area contributed by atoms with Crippen molar-refractivity contribution in [3.8, 4) is 17.8 Å². The summed E-state index contributed by atoms with van der Waals surface area (Å²) < 4.78 is 9.64. The number of nitriles is 2. The first-order valence-electron chi connectivity index (χ1n) is 17.4. The number of hydrogen-bond donors (Lipinski definition) is 0. The SMILES string of the molecule is CC(=O)O[C@H]1CC[C@]2(C)[C@@H]3CC[C@]4(C)[C@@H]([C@@H](C)CCCC(C)C)CC[C@H]4[C@@]3(C#N)n3c(=O)n(-c4ccccc4)c(=O)n3[C@@]2(C#N)C1. The molecule has 1 aliphatic heterocycles. The third-order valence-electron chi connectivity index (χ3n) is 13.2. The van der Waals surface area contributed by atoms with Gasteiger partial charge in [-0.2, -0.15) is 10.5 Å². The molecular formula is C37H49N5O4. The minimum absolute atomic E-state index is 0.0905. The Balaban J connectivity index is 1.59. The highest BCUT2D eigenvalue weighted by molar-refractivity contribution is 5.66. The summed E-state index contributed by atoms with van der Waals surface area (Å²) in [6.45, 7) is 12.6. The van der Waals surface area contributed by atoms with E-state index < -0.39 is 39.9 Å². The summed E-state index contributed by atoms with van der Waals surface area (Å²) in [5.41, 5.74) is -4.59. The number of ether oxygens (including phenoxy) is 1. The summed E-state index contributed by atoms with van der Waals surface area (Å²) in [6, 6.07) is 14.1. The van der Waals surface area contributed by atoms with Crippen LogP contribution in [0.1, 0.15) is 106 Å². The van der Waals surface area contributed by atoms with Crippen LogP contribution in [0.5, 0.6) is 0 Å². The number of fused-ring (bicyclic) bond motifs is 8. The maximum atomic E-state index is 14.8. The quantitative estimate of drug-likeness (QED) is 0.333. The zero-order valence-corrected chi connectivity index (χ0v) is 28.3. The molecule has 0 saturated heterocycles. The molecule has 0 radical (unpaired) electrons. The second kappa shape index (κ2) is 11.3. The Morgan fingerprint density at radius 1 is 0.935 bits per heavy atom. The van der Waals surface area contributed by atoms with Crippen LogP contribution in [0.4, 0.5) is 0 Å². The largest absolute Gasteiger partial charge is 0.462 e. The van der Waals surface area contributed by atoms with Gasteiger partial charge < -0.3 is 4.74 Å². The number of hydrogen-bond acceptors (Lipinski definition) is 6. The fraction of sp³-hybridized carbons (Fsp3) is 0.703. The molecule has 0 unspecified atom stereocenters. The molecule has 1 aromatic carbocycles. The highest BCUT2D eigenvalue weighted by Crippen LogP contribution is 2.71. The first-order chi connectivity index (χ1) is 21.8. The average molecular weight is 628 g/mol. The van der Waals surface area contributed by atoms with Crippen LogP contribution in [-0.2, 0) is 20.6 Å². The molecule has 4 aliphatic rings. The topological polar surface area (TPSA) is 123 Å². The predicted molar refractivity (Wildman–Crippen MR) is 174 cm³/mol. The average Bonchev–Trinajstić information content (AvgIpc) is 3.51. The summed E-state index contributed by atoms with van der Waals surface area (Å²) >= 11 is 0. The number of esters is 1. The van der Waals surface area contributed by atoms with E-state index in [4.69, 9.17) is 4.74 Å². The maximum Gasteiger partial charge on any atom is 0.353 e. The molecule has 46 heavy (non-hydrogen) atoms. The van der Waals surface area contributed by atoms with Crippen molar-refractivity contribution in [3.63, 3.8) is 0 Å². The molecule has 3 fully saturated rings. The van der Waals surface area contributed by atoms with Crippen molar-refractivity contribution in [2.24, 2.45) is 40.4 Å². The van der Waals surface area contributed by atoms with Crippen LogP contribution in [0.15, 0.2) is 39.9 Å². The molecule has 9 atom stereocenters. The molecular weight excluding hydrogens is 578 g/mol. The summed E-state index contributed by atoms with van der Waals surface area (Å²) in [6.07, 6.45) is 7.42. The van der Waals surface area contributed by atoms with Gasteiger partial charge in [0.2, 0.25) is 0 Å². The van der Waals surface area contributed by atoms with Gasteiger partial charge in [0.25, 0.3) is 0 Å². The number of aromatic nitrogens is 3. The van der Waals surface area contributed by atoms with Crippen LogP contribution in [0.25, 0.3) is 5.69 Å².